The number of amides is 1. The third-order valence-corrected chi connectivity index (χ3v) is 3.85. The van der Waals surface area contributed by atoms with Gasteiger partial charge in [0.25, 0.3) is 0 Å². The van der Waals surface area contributed by atoms with Crippen LogP contribution in [0.15, 0.2) is 29.3 Å². The monoisotopic (exact) mass is 422 g/mol. The van der Waals surface area contributed by atoms with Crippen LogP contribution in [0.3, 0.4) is 0 Å². The molecule has 0 aliphatic rings. The van der Waals surface area contributed by atoms with Gasteiger partial charge in [-0.2, -0.15) is 0 Å². The summed E-state index contributed by atoms with van der Waals surface area (Å²) >= 11 is 0. The van der Waals surface area contributed by atoms with Crippen LogP contribution in [-0.4, -0.2) is 64.5 Å². The van der Waals surface area contributed by atoms with Gasteiger partial charge < -0.3 is 30.2 Å². The van der Waals surface area contributed by atoms with Crippen LogP contribution in [-0.2, 0) is 14.3 Å². The molecule has 0 heterocycles. The Morgan fingerprint density at radius 3 is 2.50 bits per heavy atom. The molecule has 0 fully saturated rings. The quantitative estimate of drug-likeness (QED) is 0.229. The van der Waals surface area contributed by atoms with E-state index in [0.717, 1.165) is 24.3 Å². The lowest BCUT2D eigenvalue weighted by Crippen LogP contribution is -2.35. The number of benzene rings is 1. The van der Waals surface area contributed by atoms with Crippen LogP contribution in [0.2, 0.25) is 0 Å². The Balaban J connectivity index is 2.55. The molecule has 30 heavy (non-hydrogen) atoms. The zero-order chi connectivity index (χ0) is 22.0. The molecule has 3 N–H and O–H groups in total. The van der Waals surface area contributed by atoms with E-state index in [-0.39, 0.29) is 12.0 Å². The van der Waals surface area contributed by atoms with E-state index in [1.54, 1.807) is 7.11 Å². The minimum Gasteiger partial charge on any atom is -0.491 e. The number of aliphatic imine (C=N–C) groups is 1. The molecule has 0 aliphatic heterocycles. The second kappa shape index (κ2) is 16.5. The van der Waals surface area contributed by atoms with Crippen molar-refractivity contribution in [1.29, 1.82) is 0 Å². The Morgan fingerprint density at radius 1 is 1.07 bits per heavy atom. The van der Waals surface area contributed by atoms with Crippen molar-refractivity contribution in [2.24, 2.45) is 4.99 Å². The fourth-order valence-electron chi connectivity index (χ4n) is 2.41. The van der Waals surface area contributed by atoms with E-state index in [0.29, 0.717) is 51.8 Å². The maximum atomic E-state index is 11.8. The first-order chi connectivity index (χ1) is 14.5. The van der Waals surface area contributed by atoms with Gasteiger partial charge >= 0.3 is 0 Å². The van der Waals surface area contributed by atoms with Crippen LogP contribution in [0.4, 0.5) is 5.69 Å². The number of rotatable bonds is 15. The number of methoxy groups -OCH3 is 1. The number of nitrogens with zero attached hydrogens (tertiary/aromatic N) is 1. The zero-order valence-electron chi connectivity index (χ0n) is 18.8. The Morgan fingerprint density at radius 2 is 1.83 bits per heavy atom. The summed E-state index contributed by atoms with van der Waals surface area (Å²) in [5.74, 6) is 1.49. The molecule has 170 valence electrons. The molecule has 0 spiro atoms. The maximum Gasteiger partial charge on any atom is 0.221 e. The highest BCUT2D eigenvalue weighted by atomic mass is 16.5. The van der Waals surface area contributed by atoms with Gasteiger partial charge in [0.2, 0.25) is 5.91 Å². The summed E-state index contributed by atoms with van der Waals surface area (Å²) in [5.41, 5.74) is 0.893. The molecule has 0 aliphatic carbocycles. The maximum absolute atomic E-state index is 11.8. The highest BCUT2D eigenvalue weighted by molar-refractivity contribution is 5.93. The van der Waals surface area contributed by atoms with Crippen molar-refractivity contribution in [2.75, 3.05) is 51.9 Å². The Hall–Kier alpha value is -2.32. The molecule has 0 atom stereocenters. The van der Waals surface area contributed by atoms with Crippen molar-refractivity contribution in [2.45, 2.75) is 46.1 Å². The van der Waals surface area contributed by atoms with Gasteiger partial charge in [-0.05, 0) is 51.0 Å². The summed E-state index contributed by atoms with van der Waals surface area (Å²) in [6, 6.07) is 7.72. The minimum absolute atomic E-state index is 0.0328. The summed E-state index contributed by atoms with van der Waals surface area (Å²) in [6.07, 6.45) is 2.25. The number of guanidine groups is 1. The summed E-state index contributed by atoms with van der Waals surface area (Å²) in [6.45, 7) is 9.64. The summed E-state index contributed by atoms with van der Waals surface area (Å²) in [7, 11) is 1.65. The van der Waals surface area contributed by atoms with Crippen LogP contribution in [0.5, 0.6) is 5.75 Å². The van der Waals surface area contributed by atoms with Crippen molar-refractivity contribution < 1.29 is 19.0 Å². The normalized spacial score (nSPS) is 11.4. The van der Waals surface area contributed by atoms with Crippen LogP contribution in [0.25, 0.3) is 0 Å². The van der Waals surface area contributed by atoms with E-state index >= 15 is 0 Å². The second-order valence-electron chi connectivity index (χ2n) is 7.03. The molecule has 0 saturated carbocycles. The van der Waals surface area contributed by atoms with Gasteiger partial charge in [-0.15, -0.1) is 0 Å². The molecule has 0 aromatic heterocycles. The third-order valence-electron chi connectivity index (χ3n) is 3.85. The fourth-order valence-corrected chi connectivity index (χ4v) is 2.41. The molecular weight excluding hydrogens is 384 g/mol. The van der Waals surface area contributed by atoms with Gasteiger partial charge in [-0.3, -0.25) is 9.79 Å². The average molecular weight is 423 g/mol. The van der Waals surface area contributed by atoms with E-state index < -0.39 is 0 Å². The van der Waals surface area contributed by atoms with E-state index in [4.69, 9.17) is 14.2 Å². The van der Waals surface area contributed by atoms with Crippen LogP contribution >= 0.6 is 0 Å². The number of carbonyl (C=O) groups is 1. The first-order valence-corrected chi connectivity index (χ1v) is 10.7. The number of ether oxygens (including phenoxy) is 3. The van der Waals surface area contributed by atoms with Crippen LogP contribution < -0.4 is 20.7 Å². The Labute approximate surface area is 180 Å². The minimum atomic E-state index is 0.0328. The van der Waals surface area contributed by atoms with Gasteiger partial charge in [0.1, 0.15) is 5.75 Å². The summed E-state index contributed by atoms with van der Waals surface area (Å²) in [4.78, 5) is 16.4. The van der Waals surface area contributed by atoms with Crippen molar-refractivity contribution >= 4 is 17.6 Å². The highest BCUT2D eigenvalue weighted by Crippen LogP contribution is 2.16. The SMILES string of the molecule is CCCNC(=O)CCNC(=NCCCOCCOC)Nc1ccc(OC(C)C)cc1. The number of hydrogen-bond donors (Lipinski definition) is 3. The van der Waals surface area contributed by atoms with Gasteiger partial charge in [-0.25, -0.2) is 0 Å². The molecule has 8 nitrogen and oxygen atoms in total. The highest BCUT2D eigenvalue weighted by Gasteiger charge is 2.04. The molecule has 0 radical (unpaired) electrons. The Kier molecular flexibility index (Phi) is 14.1. The predicted molar refractivity (Wildman–Crippen MR) is 121 cm³/mol. The molecule has 1 aromatic rings. The van der Waals surface area contributed by atoms with E-state index in [1.165, 1.54) is 0 Å². The third kappa shape index (κ3) is 13.0. The van der Waals surface area contributed by atoms with Gasteiger partial charge in [0, 0.05) is 45.5 Å². The van der Waals surface area contributed by atoms with Crippen LogP contribution in [0.1, 0.15) is 40.0 Å². The molecule has 1 rings (SSSR count). The molecule has 8 heteroatoms. The standard InChI is InChI=1S/C22H38N4O4/c1-5-12-23-21(27)11-14-25-22(24-13-6-15-29-17-16-28-4)26-19-7-9-20(10-8-19)30-18(2)3/h7-10,18H,5-6,11-17H2,1-4H3,(H,23,27)(H2,24,25,26). The molecule has 0 saturated heterocycles. The van der Waals surface area contributed by atoms with Crippen molar-refractivity contribution in [3.8, 4) is 5.75 Å². The van der Waals surface area contributed by atoms with Gasteiger partial charge in [-0.1, -0.05) is 6.92 Å². The van der Waals surface area contributed by atoms with Crippen molar-refractivity contribution in [1.82, 2.24) is 10.6 Å². The van der Waals surface area contributed by atoms with E-state index in [1.807, 2.05) is 45.0 Å². The molecular formula is C22H38N4O4. The zero-order valence-corrected chi connectivity index (χ0v) is 18.8. The largest absolute Gasteiger partial charge is 0.491 e. The summed E-state index contributed by atoms with van der Waals surface area (Å²) in [5, 5.41) is 9.37. The average Bonchev–Trinajstić information content (AvgIpc) is 2.72. The number of nitrogens with one attached hydrogen (secondary N) is 3. The number of hydrogen-bond acceptors (Lipinski definition) is 5. The Bertz CT molecular complexity index is 606. The first-order valence-electron chi connectivity index (χ1n) is 10.7. The van der Waals surface area contributed by atoms with E-state index in [2.05, 4.69) is 20.9 Å². The lowest BCUT2D eigenvalue weighted by Gasteiger charge is -2.14. The number of carbonyl (C=O) groups excluding carboxylic acids is 1. The predicted octanol–water partition coefficient (Wildman–Crippen LogP) is 2.80. The van der Waals surface area contributed by atoms with Crippen molar-refractivity contribution in [3.05, 3.63) is 24.3 Å². The molecule has 1 amide bonds. The first kappa shape index (κ1) is 25.7. The topological polar surface area (TPSA) is 93.2 Å². The van der Waals surface area contributed by atoms with Crippen molar-refractivity contribution in [3.63, 3.8) is 0 Å². The lowest BCUT2D eigenvalue weighted by molar-refractivity contribution is -0.120. The smallest absolute Gasteiger partial charge is 0.221 e. The van der Waals surface area contributed by atoms with Crippen LogP contribution in [0, 0.1) is 0 Å². The van der Waals surface area contributed by atoms with Gasteiger partial charge in [0.15, 0.2) is 5.96 Å². The fraction of sp³-hybridized carbons (Fsp3) is 0.636. The molecule has 0 bridgehead atoms. The number of anilines is 1. The molecule has 0 unspecified atom stereocenters. The summed E-state index contributed by atoms with van der Waals surface area (Å²) < 4.78 is 16.1. The molecule has 1 aromatic carbocycles. The van der Waals surface area contributed by atoms with E-state index in [9.17, 15) is 4.79 Å². The second-order valence-corrected chi connectivity index (χ2v) is 7.03. The lowest BCUT2D eigenvalue weighted by atomic mass is 10.3. The van der Waals surface area contributed by atoms with Gasteiger partial charge in [0.05, 0.1) is 19.3 Å².